The molecule has 21 heavy (non-hydrogen) atoms. The van der Waals surface area contributed by atoms with Crippen molar-refractivity contribution < 1.29 is 9.47 Å². The fraction of sp³-hybridized carbons (Fsp3) is 1.00. The van der Waals surface area contributed by atoms with Crippen LogP contribution >= 0.6 is 0 Å². The number of hydrogen-bond acceptors (Lipinski definition) is 4. The number of rotatable bonds is 5. The summed E-state index contributed by atoms with van der Waals surface area (Å²) in [5.74, 6) is 0.647. The highest BCUT2D eigenvalue weighted by atomic mass is 16.7. The molecule has 4 heteroatoms. The third-order valence-corrected chi connectivity index (χ3v) is 5.67. The summed E-state index contributed by atoms with van der Waals surface area (Å²) in [6.07, 6.45) is 10.6. The summed E-state index contributed by atoms with van der Waals surface area (Å²) in [5, 5.41) is 3.55. The molecule has 2 atom stereocenters. The van der Waals surface area contributed by atoms with Crippen molar-refractivity contribution in [2.24, 2.45) is 5.92 Å². The van der Waals surface area contributed by atoms with Crippen LogP contribution in [0.1, 0.15) is 51.4 Å². The van der Waals surface area contributed by atoms with Crippen molar-refractivity contribution in [2.75, 3.05) is 32.8 Å². The van der Waals surface area contributed by atoms with Crippen LogP contribution in [0.4, 0.5) is 0 Å². The van der Waals surface area contributed by atoms with Gasteiger partial charge in [-0.25, -0.2) is 0 Å². The zero-order chi connectivity index (χ0) is 14.1. The van der Waals surface area contributed by atoms with E-state index in [0.717, 1.165) is 38.0 Å². The predicted molar refractivity (Wildman–Crippen MR) is 82.2 cm³/mol. The standard InChI is InChI=1S/C17H30N2O2/c1-2-8-17(7-1)20-13-16(21-17)12-19(15-5-6-15)11-14-4-3-9-18-10-14/h14-16,18H,1-13H2. The van der Waals surface area contributed by atoms with E-state index in [2.05, 4.69) is 10.2 Å². The highest BCUT2D eigenvalue weighted by Gasteiger charge is 2.45. The second-order valence-electron chi connectivity index (χ2n) is 7.57. The van der Waals surface area contributed by atoms with Crippen molar-refractivity contribution >= 4 is 0 Å². The molecule has 2 aliphatic heterocycles. The average molecular weight is 294 g/mol. The van der Waals surface area contributed by atoms with E-state index in [9.17, 15) is 0 Å². The molecular weight excluding hydrogens is 264 g/mol. The summed E-state index contributed by atoms with van der Waals surface area (Å²) in [6.45, 7) is 5.57. The molecule has 0 bridgehead atoms. The van der Waals surface area contributed by atoms with Crippen LogP contribution < -0.4 is 5.32 Å². The summed E-state index contributed by atoms with van der Waals surface area (Å²) >= 11 is 0. The van der Waals surface area contributed by atoms with Crippen molar-refractivity contribution in [3.8, 4) is 0 Å². The first-order valence-electron chi connectivity index (χ1n) is 9.10. The molecule has 4 nitrogen and oxygen atoms in total. The molecule has 4 fully saturated rings. The molecule has 0 aromatic carbocycles. The van der Waals surface area contributed by atoms with Gasteiger partial charge in [0.2, 0.25) is 0 Å². The Balaban J connectivity index is 1.30. The normalized spacial score (nSPS) is 35.9. The minimum atomic E-state index is -0.188. The maximum absolute atomic E-state index is 6.33. The van der Waals surface area contributed by atoms with E-state index in [1.165, 1.54) is 58.2 Å². The van der Waals surface area contributed by atoms with E-state index in [1.54, 1.807) is 0 Å². The summed E-state index contributed by atoms with van der Waals surface area (Å²) in [4.78, 5) is 2.71. The van der Waals surface area contributed by atoms with E-state index in [1.807, 2.05) is 0 Å². The van der Waals surface area contributed by atoms with Gasteiger partial charge in [-0.2, -0.15) is 0 Å². The Morgan fingerprint density at radius 1 is 1.05 bits per heavy atom. The predicted octanol–water partition coefficient (Wildman–Crippen LogP) is 2.14. The molecule has 2 saturated heterocycles. The molecule has 0 amide bonds. The number of nitrogens with one attached hydrogen (secondary N) is 1. The molecule has 4 rings (SSSR count). The smallest absolute Gasteiger partial charge is 0.168 e. The van der Waals surface area contributed by atoms with Crippen LogP contribution in [-0.2, 0) is 9.47 Å². The zero-order valence-electron chi connectivity index (χ0n) is 13.2. The minimum Gasteiger partial charge on any atom is -0.347 e. The lowest BCUT2D eigenvalue weighted by molar-refractivity contribution is -0.163. The minimum absolute atomic E-state index is 0.188. The molecular formula is C17H30N2O2. The Morgan fingerprint density at radius 3 is 2.62 bits per heavy atom. The molecule has 1 spiro atoms. The molecule has 2 aliphatic carbocycles. The summed E-state index contributed by atoms with van der Waals surface area (Å²) in [5.41, 5.74) is 0. The van der Waals surface area contributed by atoms with Crippen LogP contribution in [0, 0.1) is 5.92 Å². The summed E-state index contributed by atoms with van der Waals surface area (Å²) in [7, 11) is 0. The first-order chi connectivity index (χ1) is 10.3. The molecule has 4 aliphatic rings. The number of piperidine rings is 1. The molecule has 2 saturated carbocycles. The van der Waals surface area contributed by atoms with Gasteiger partial charge in [0.05, 0.1) is 12.7 Å². The van der Waals surface area contributed by atoms with Crippen molar-refractivity contribution in [3.05, 3.63) is 0 Å². The van der Waals surface area contributed by atoms with Crippen LogP contribution in [0.25, 0.3) is 0 Å². The lowest BCUT2D eigenvalue weighted by Crippen LogP contribution is -2.43. The Bertz CT molecular complexity index is 347. The van der Waals surface area contributed by atoms with Gasteiger partial charge >= 0.3 is 0 Å². The van der Waals surface area contributed by atoms with Crippen molar-refractivity contribution in [3.63, 3.8) is 0 Å². The van der Waals surface area contributed by atoms with Crippen LogP contribution in [0.2, 0.25) is 0 Å². The SMILES string of the molecule is C1CNCC(CN(CC2COC3(CCCC3)O2)C2CC2)C1. The van der Waals surface area contributed by atoms with Gasteiger partial charge < -0.3 is 14.8 Å². The zero-order valence-corrected chi connectivity index (χ0v) is 13.2. The van der Waals surface area contributed by atoms with Gasteiger partial charge in [0.25, 0.3) is 0 Å². The Morgan fingerprint density at radius 2 is 1.90 bits per heavy atom. The van der Waals surface area contributed by atoms with E-state index < -0.39 is 0 Å². The van der Waals surface area contributed by atoms with Gasteiger partial charge in [-0.3, -0.25) is 4.90 Å². The van der Waals surface area contributed by atoms with Gasteiger partial charge in [0.15, 0.2) is 5.79 Å². The Kier molecular flexibility index (Phi) is 4.23. The summed E-state index contributed by atoms with van der Waals surface area (Å²) in [6, 6.07) is 0.829. The lowest BCUT2D eigenvalue weighted by atomic mass is 9.99. The maximum Gasteiger partial charge on any atom is 0.168 e. The first-order valence-corrected chi connectivity index (χ1v) is 9.10. The molecule has 0 radical (unpaired) electrons. The molecule has 1 N–H and O–H groups in total. The molecule has 2 heterocycles. The Hall–Kier alpha value is -0.160. The van der Waals surface area contributed by atoms with Crippen LogP contribution in [0.5, 0.6) is 0 Å². The van der Waals surface area contributed by atoms with Crippen molar-refractivity contribution in [2.45, 2.75) is 69.3 Å². The van der Waals surface area contributed by atoms with E-state index in [4.69, 9.17) is 9.47 Å². The second kappa shape index (κ2) is 6.15. The fourth-order valence-electron chi connectivity index (χ4n) is 4.37. The van der Waals surface area contributed by atoms with E-state index in [-0.39, 0.29) is 5.79 Å². The van der Waals surface area contributed by atoms with Gasteiger partial charge in [-0.15, -0.1) is 0 Å². The van der Waals surface area contributed by atoms with E-state index in [0.29, 0.717) is 6.10 Å². The molecule has 0 aromatic heterocycles. The average Bonchev–Trinajstić information content (AvgIpc) is 3.15. The van der Waals surface area contributed by atoms with Crippen LogP contribution in [0.3, 0.4) is 0 Å². The maximum atomic E-state index is 6.33. The first kappa shape index (κ1) is 14.4. The quantitative estimate of drug-likeness (QED) is 0.842. The van der Waals surface area contributed by atoms with Gasteiger partial charge in [-0.05, 0) is 57.5 Å². The number of nitrogens with zero attached hydrogens (tertiary/aromatic N) is 1. The topological polar surface area (TPSA) is 33.7 Å². The third-order valence-electron chi connectivity index (χ3n) is 5.67. The highest BCUT2D eigenvalue weighted by Crippen LogP contribution is 2.40. The second-order valence-corrected chi connectivity index (χ2v) is 7.57. The summed E-state index contributed by atoms with van der Waals surface area (Å²) < 4.78 is 12.4. The largest absolute Gasteiger partial charge is 0.347 e. The van der Waals surface area contributed by atoms with Crippen molar-refractivity contribution in [1.82, 2.24) is 10.2 Å². The van der Waals surface area contributed by atoms with Gasteiger partial charge in [-0.1, -0.05) is 0 Å². The highest BCUT2D eigenvalue weighted by molar-refractivity contribution is 4.91. The number of ether oxygens (including phenoxy) is 2. The van der Waals surface area contributed by atoms with Gasteiger partial charge in [0.1, 0.15) is 0 Å². The lowest BCUT2D eigenvalue weighted by Gasteiger charge is -2.32. The number of hydrogen-bond donors (Lipinski definition) is 1. The molecule has 0 aromatic rings. The third kappa shape index (κ3) is 3.44. The molecule has 2 unspecified atom stereocenters. The van der Waals surface area contributed by atoms with Gasteiger partial charge in [0, 0.05) is 32.0 Å². The molecule has 120 valence electrons. The van der Waals surface area contributed by atoms with Crippen LogP contribution in [-0.4, -0.2) is 55.6 Å². The fourth-order valence-corrected chi connectivity index (χ4v) is 4.37. The van der Waals surface area contributed by atoms with E-state index >= 15 is 0 Å². The van der Waals surface area contributed by atoms with Crippen molar-refractivity contribution in [1.29, 1.82) is 0 Å². The monoisotopic (exact) mass is 294 g/mol. The van der Waals surface area contributed by atoms with Crippen LogP contribution in [0.15, 0.2) is 0 Å². The Labute approximate surface area is 128 Å².